The molecule has 0 N–H and O–H groups in total. The molecule has 7 nitrogen and oxygen atoms in total. The molecular weight excluding hydrogens is 366 g/mol. The molecule has 29 heavy (non-hydrogen) atoms. The van der Waals surface area contributed by atoms with Gasteiger partial charge in [0.1, 0.15) is 0 Å². The third-order valence-electron chi connectivity index (χ3n) is 6.87. The number of aromatic nitrogens is 2. The largest absolute Gasteiger partial charge is 0.342 e. The second-order valence-electron chi connectivity index (χ2n) is 9.19. The van der Waals surface area contributed by atoms with Crippen molar-refractivity contribution in [1.29, 1.82) is 0 Å². The molecule has 3 fully saturated rings. The van der Waals surface area contributed by atoms with E-state index in [2.05, 4.69) is 28.7 Å². The summed E-state index contributed by atoms with van der Waals surface area (Å²) in [7, 11) is 0. The maximum atomic E-state index is 12.8. The molecular formula is C22H35N5O2. The van der Waals surface area contributed by atoms with E-state index in [1.165, 1.54) is 0 Å². The molecule has 2 amide bonds. The number of nitrogens with zero attached hydrogens (tertiary/aromatic N) is 5. The Morgan fingerprint density at radius 1 is 0.966 bits per heavy atom. The van der Waals surface area contributed by atoms with Crippen LogP contribution in [-0.2, 0) is 4.79 Å². The van der Waals surface area contributed by atoms with Crippen molar-refractivity contribution in [2.45, 2.75) is 64.5 Å². The predicted molar refractivity (Wildman–Crippen MR) is 112 cm³/mol. The molecule has 4 rings (SSSR count). The molecule has 0 aromatic carbocycles. The lowest BCUT2D eigenvalue weighted by molar-refractivity contribution is -0.136. The van der Waals surface area contributed by atoms with Crippen LogP contribution >= 0.6 is 0 Å². The normalized spacial score (nSPS) is 24.4. The van der Waals surface area contributed by atoms with Crippen molar-refractivity contribution in [3.05, 3.63) is 18.0 Å². The van der Waals surface area contributed by atoms with Crippen molar-refractivity contribution >= 4 is 11.8 Å². The van der Waals surface area contributed by atoms with Gasteiger partial charge in [0.25, 0.3) is 5.91 Å². The molecule has 0 radical (unpaired) electrons. The van der Waals surface area contributed by atoms with Gasteiger partial charge in [-0.1, -0.05) is 0 Å². The predicted octanol–water partition coefficient (Wildman–Crippen LogP) is 2.40. The van der Waals surface area contributed by atoms with E-state index >= 15 is 0 Å². The maximum absolute atomic E-state index is 12.8. The van der Waals surface area contributed by atoms with Crippen LogP contribution in [0.4, 0.5) is 0 Å². The van der Waals surface area contributed by atoms with Crippen LogP contribution in [0.2, 0.25) is 0 Å². The summed E-state index contributed by atoms with van der Waals surface area (Å²) < 4.78 is 1.84. The number of carbonyl (C=O) groups is 2. The Labute approximate surface area is 174 Å². The van der Waals surface area contributed by atoms with Crippen LogP contribution in [0.1, 0.15) is 68.8 Å². The van der Waals surface area contributed by atoms with Crippen LogP contribution in [-0.4, -0.2) is 81.6 Å². The Morgan fingerprint density at radius 2 is 1.69 bits per heavy atom. The quantitative estimate of drug-likeness (QED) is 0.777. The van der Waals surface area contributed by atoms with Gasteiger partial charge in [-0.15, -0.1) is 0 Å². The standard InChI is InChI=1S/C22H35N5O2/c1-17(2)27-16-19(14-23-27)22(29)25-12-7-20(8-13-25)26-11-5-6-18(15-26)21(28)24-9-3-4-10-24/h14,16-18,20H,3-13,15H2,1-2H3. The van der Waals surface area contributed by atoms with Crippen LogP contribution in [0.15, 0.2) is 12.4 Å². The van der Waals surface area contributed by atoms with E-state index in [-0.39, 0.29) is 17.9 Å². The van der Waals surface area contributed by atoms with E-state index in [1.54, 1.807) is 6.20 Å². The number of piperidine rings is 2. The minimum absolute atomic E-state index is 0.0936. The maximum Gasteiger partial charge on any atom is 0.257 e. The van der Waals surface area contributed by atoms with E-state index in [0.29, 0.717) is 17.5 Å². The third-order valence-corrected chi connectivity index (χ3v) is 6.87. The summed E-state index contributed by atoms with van der Waals surface area (Å²) in [6.07, 6.45) is 9.99. The van der Waals surface area contributed by atoms with E-state index < -0.39 is 0 Å². The summed E-state index contributed by atoms with van der Waals surface area (Å²) in [4.78, 5) is 32.2. The first-order valence-corrected chi connectivity index (χ1v) is 11.4. The van der Waals surface area contributed by atoms with Crippen molar-refractivity contribution in [2.75, 3.05) is 39.3 Å². The molecule has 160 valence electrons. The molecule has 7 heteroatoms. The van der Waals surface area contributed by atoms with Crippen molar-refractivity contribution in [3.8, 4) is 0 Å². The molecule has 0 saturated carbocycles. The third kappa shape index (κ3) is 4.49. The number of amides is 2. The van der Waals surface area contributed by atoms with Gasteiger partial charge in [0.2, 0.25) is 5.91 Å². The SMILES string of the molecule is CC(C)n1cc(C(=O)N2CCC(N3CCCC(C(=O)N4CCCC4)C3)CC2)cn1. The minimum Gasteiger partial charge on any atom is -0.342 e. The van der Waals surface area contributed by atoms with E-state index in [1.807, 2.05) is 15.8 Å². The average Bonchev–Trinajstić information content (AvgIpc) is 3.45. The minimum atomic E-state index is 0.0936. The van der Waals surface area contributed by atoms with E-state index in [9.17, 15) is 9.59 Å². The Balaban J connectivity index is 1.29. The fourth-order valence-corrected chi connectivity index (χ4v) is 5.08. The Morgan fingerprint density at radius 3 is 2.34 bits per heavy atom. The molecule has 1 atom stereocenters. The van der Waals surface area contributed by atoms with E-state index in [0.717, 1.165) is 77.8 Å². The van der Waals surface area contributed by atoms with Gasteiger partial charge in [-0.2, -0.15) is 5.10 Å². The molecule has 0 aliphatic carbocycles. The summed E-state index contributed by atoms with van der Waals surface area (Å²) in [5, 5.41) is 4.30. The molecule has 0 bridgehead atoms. The fraction of sp³-hybridized carbons (Fsp3) is 0.773. The molecule has 4 heterocycles. The first-order chi connectivity index (χ1) is 14.0. The average molecular weight is 402 g/mol. The number of carbonyl (C=O) groups excluding carboxylic acids is 2. The van der Waals surface area contributed by atoms with Gasteiger partial charge in [0, 0.05) is 51.0 Å². The van der Waals surface area contributed by atoms with Gasteiger partial charge in [-0.3, -0.25) is 19.2 Å². The smallest absolute Gasteiger partial charge is 0.257 e. The topological polar surface area (TPSA) is 61.7 Å². The first kappa shape index (κ1) is 20.4. The van der Waals surface area contributed by atoms with Gasteiger partial charge in [0.15, 0.2) is 0 Å². The summed E-state index contributed by atoms with van der Waals surface area (Å²) in [6.45, 7) is 9.58. The van der Waals surface area contributed by atoms with Gasteiger partial charge < -0.3 is 9.80 Å². The van der Waals surface area contributed by atoms with E-state index in [4.69, 9.17) is 0 Å². The zero-order chi connectivity index (χ0) is 20.4. The highest BCUT2D eigenvalue weighted by Crippen LogP contribution is 2.26. The van der Waals surface area contributed by atoms with Crippen LogP contribution in [0.5, 0.6) is 0 Å². The monoisotopic (exact) mass is 401 g/mol. The number of likely N-dealkylation sites (tertiary alicyclic amines) is 3. The van der Waals surface area contributed by atoms with Crippen molar-refractivity contribution < 1.29 is 9.59 Å². The Kier molecular flexibility index (Phi) is 6.23. The molecule has 3 saturated heterocycles. The Bertz CT molecular complexity index is 717. The molecule has 3 aliphatic rings. The fourth-order valence-electron chi connectivity index (χ4n) is 5.08. The highest BCUT2D eigenvalue weighted by Gasteiger charge is 2.34. The van der Waals surface area contributed by atoms with Crippen LogP contribution in [0.3, 0.4) is 0 Å². The summed E-state index contributed by atoms with van der Waals surface area (Å²) in [5.41, 5.74) is 0.686. The van der Waals surface area contributed by atoms with Gasteiger partial charge in [0.05, 0.1) is 17.7 Å². The molecule has 1 aromatic rings. The zero-order valence-corrected chi connectivity index (χ0v) is 17.9. The first-order valence-electron chi connectivity index (χ1n) is 11.4. The summed E-state index contributed by atoms with van der Waals surface area (Å²) in [5.74, 6) is 0.640. The second kappa shape index (κ2) is 8.86. The van der Waals surface area contributed by atoms with Gasteiger partial charge in [-0.05, 0) is 58.9 Å². The molecule has 3 aliphatic heterocycles. The Hall–Kier alpha value is -1.89. The summed E-state index contributed by atoms with van der Waals surface area (Å²) in [6, 6.07) is 0.754. The lowest BCUT2D eigenvalue weighted by atomic mass is 9.93. The number of hydrogen-bond acceptors (Lipinski definition) is 4. The van der Waals surface area contributed by atoms with Crippen molar-refractivity contribution in [3.63, 3.8) is 0 Å². The molecule has 1 aromatic heterocycles. The van der Waals surface area contributed by atoms with Crippen molar-refractivity contribution in [2.24, 2.45) is 5.92 Å². The highest BCUT2D eigenvalue weighted by atomic mass is 16.2. The van der Waals surface area contributed by atoms with Crippen LogP contribution < -0.4 is 0 Å². The van der Waals surface area contributed by atoms with Gasteiger partial charge >= 0.3 is 0 Å². The van der Waals surface area contributed by atoms with Crippen LogP contribution in [0.25, 0.3) is 0 Å². The molecule has 0 spiro atoms. The lowest BCUT2D eigenvalue weighted by Gasteiger charge is -2.42. The molecule has 1 unspecified atom stereocenters. The summed E-state index contributed by atoms with van der Waals surface area (Å²) >= 11 is 0. The van der Waals surface area contributed by atoms with Gasteiger partial charge in [-0.25, -0.2) is 0 Å². The second-order valence-corrected chi connectivity index (χ2v) is 9.19. The number of rotatable bonds is 4. The lowest BCUT2D eigenvalue weighted by Crippen LogP contribution is -2.51. The zero-order valence-electron chi connectivity index (χ0n) is 17.9. The highest BCUT2D eigenvalue weighted by molar-refractivity contribution is 5.93. The van der Waals surface area contributed by atoms with Crippen LogP contribution in [0, 0.1) is 5.92 Å². The number of hydrogen-bond donors (Lipinski definition) is 0. The van der Waals surface area contributed by atoms with Crippen molar-refractivity contribution in [1.82, 2.24) is 24.5 Å².